The summed E-state index contributed by atoms with van der Waals surface area (Å²) in [6.07, 6.45) is 5.34. The van der Waals surface area contributed by atoms with Gasteiger partial charge in [-0.05, 0) is 44.7 Å². The molecule has 0 atom stereocenters. The molecule has 0 aliphatic carbocycles. The summed E-state index contributed by atoms with van der Waals surface area (Å²) in [7, 11) is 0. The second-order valence-corrected chi connectivity index (χ2v) is 6.06. The fourth-order valence-electron chi connectivity index (χ4n) is 2.93. The predicted octanol–water partition coefficient (Wildman–Crippen LogP) is 2.46. The van der Waals surface area contributed by atoms with Crippen LogP contribution in [0.1, 0.15) is 32.1 Å². The molecule has 0 radical (unpaired) electrons. The van der Waals surface area contributed by atoms with Gasteiger partial charge in [0.25, 0.3) is 0 Å². The molecule has 2 aliphatic heterocycles. The normalized spacial score (nSPS) is 22.4. The lowest BCUT2D eigenvalue weighted by molar-refractivity contribution is -0.131. The van der Waals surface area contributed by atoms with Crippen LogP contribution >= 0.6 is 11.6 Å². The lowest BCUT2D eigenvalue weighted by Gasteiger charge is -2.32. The Morgan fingerprint density at radius 2 is 1.78 bits per heavy atom. The summed E-state index contributed by atoms with van der Waals surface area (Å²) in [5.74, 6) is 0.936. The van der Waals surface area contributed by atoms with Gasteiger partial charge in [-0.2, -0.15) is 0 Å². The molecule has 0 aromatic rings. The van der Waals surface area contributed by atoms with Crippen molar-refractivity contribution >= 4 is 17.5 Å². The zero-order valence-electron chi connectivity index (χ0n) is 11.0. The SMILES string of the molecule is C=C(Cl)CN1CCC(CC(=O)N2CCCC2)CC1. The van der Waals surface area contributed by atoms with Crippen LogP contribution in [0.25, 0.3) is 0 Å². The van der Waals surface area contributed by atoms with Crippen molar-refractivity contribution in [3.05, 3.63) is 11.6 Å². The van der Waals surface area contributed by atoms with Crippen LogP contribution in [0, 0.1) is 5.92 Å². The quantitative estimate of drug-likeness (QED) is 0.784. The minimum atomic E-state index is 0.368. The van der Waals surface area contributed by atoms with Crippen LogP contribution < -0.4 is 0 Å². The van der Waals surface area contributed by atoms with Crippen molar-refractivity contribution < 1.29 is 4.79 Å². The Kier molecular flexibility index (Phi) is 5.07. The molecule has 2 fully saturated rings. The Balaban J connectivity index is 1.69. The first-order valence-corrected chi connectivity index (χ1v) is 7.36. The van der Waals surface area contributed by atoms with Gasteiger partial charge in [-0.25, -0.2) is 0 Å². The molecule has 0 unspecified atom stereocenters. The van der Waals surface area contributed by atoms with E-state index in [1.807, 2.05) is 4.90 Å². The summed E-state index contributed by atoms with van der Waals surface area (Å²) in [5.41, 5.74) is 0. The third kappa shape index (κ3) is 3.99. The van der Waals surface area contributed by atoms with Crippen molar-refractivity contribution in [3.63, 3.8) is 0 Å². The van der Waals surface area contributed by atoms with Gasteiger partial charge in [-0.3, -0.25) is 9.69 Å². The highest BCUT2D eigenvalue weighted by Crippen LogP contribution is 2.23. The van der Waals surface area contributed by atoms with Crippen LogP contribution in [0.2, 0.25) is 0 Å². The number of rotatable bonds is 4. The molecule has 0 saturated carbocycles. The smallest absolute Gasteiger partial charge is 0.222 e. The highest BCUT2D eigenvalue weighted by Gasteiger charge is 2.25. The van der Waals surface area contributed by atoms with E-state index in [-0.39, 0.29) is 0 Å². The Morgan fingerprint density at radius 3 is 2.33 bits per heavy atom. The Labute approximate surface area is 115 Å². The molecule has 4 heteroatoms. The third-order valence-corrected chi connectivity index (χ3v) is 4.14. The monoisotopic (exact) mass is 270 g/mol. The zero-order chi connectivity index (χ0) is 13.0. The van der Waals surface area contributed by atoms with Gasteiger partial charge in [0.05, 0.1) is 0 Å². The van der Waals surface area contributed by atoms with Gasteiger partial charge in [0.1, 0.15) is 0 Å². The molecular formula is C14H23ClN2O. The van der Waals surface area contributed by atoms with E-state index in [2.05, 4.69) is 11.5 Å². The molecule has 0 N–H and O–H groups in total. The lowest BCUT2D eigenvalue weighted by atomic mass is 9.93. The number of hydrogen-bond donors (Lipinski definition) is 0. The highest BCUT2D eigenvalue weighted by molar-refractivity contribution is 6.29. The topological polar surface area (TPSA) is 23.6 Å². The van der Waals surface area contributed by atoms with E-state index in [1.165, 1.54) is 12.8 Å². The van der Waals surface area contributed by atoms with Gasteiger partial charge in [0, 0.05) is 31.1 Å². The van der Waals surface area contributed by atoms with Crippen LogP contribution in [-0.4, -0.2) is 48.4 Å². The summed E-state index contributed by atoms with van der Waals surface area (Å²) in [6.45, 7) is 8.56. The van der Waals surface area contributed by atoms with Crippen molar-refractivity contribution in [3.8, 4) is 0 Å². The highest BCUT2D eigenvalue weighted by atomic mass is 35.5. The van der Waals surface area contributed by atoms with Gasteiger partial charge in [-0.1, -0.05) is 18.2 Å². The van der Waals surface area contributed by atoms with Crippen LogP contribution in [-0.2, 0) is 4.79 Å². The Morgan fingerprint density at radius 1 is 1.17 bits per heavy atom. The molecule has 0 aromatic carbocycles. The van der Waals surface area contributed by atoms with Crippen molar-refractivity contribution in [1.29, 1.82) is 0 Å². The molecule has 3 nitrogen and oxygen atoms in total. The Hall–Kier alpha value is -0.540. The summed E-state index contributed by atoms with van der Waals surface area (Å²) in [5, 5.41) is 0.710. The molecule has 0 aromatic heterocycles. The van der Waals surface area contributed by atoms with Crippen LogP contribution in [0.5, 0.6) is 0 Å². The van der Waals surface area contributed by atoms with Crippen molar-refractivity contribution in [2.75, 3.05) is 32.7 Å². The second-order valence-electron chi connectivity index (χ2n) is 5.53. The summed E-state index contributed by atoms with van der Waals surface area (Å²) in [6, 6.07) is 0. The van der Waals surface area contributed by atoms with Gasteiger partial charge in [-0.15, -0.1) is 0 Å². The molecule has 2 heterocycles. The fourth-order valence-corrected chi connectivity index (χ4v) is 3.10. The molecule has 18 heavy (non-hydrogen) atoms. The number of carbonyl (C=O) groups is 1. The lowest BCUT2D eigenvalue weighted by Crippen LogP contribution is -2.37. The number of carbonyl (C=O) groups excluding carboxylic acids is 1. The molecule has 2 aliphatic rings. The third-order valence-electron chi connectivity index (χ3n) is 4.02. The number of piperidine rings is 1. The Bertz CT molecular complexity index is 305. The number of nitrogens with zero attached hydrogens (tertiary/aromatic N) is 2. The summed E-state index contributed by atoms with van der Waals surface area (Å²) >= 11 is 5.82. The maximum atomic E-state index is 12.0. The van der Waals surface area contributed by atoms with Gasteiger partial charge >= 0.3 is 0 Å². The first-order valence-electron chi connectivity index (χ1n) is 6.98. The van der Waals surface area contributed by atoms with E-state index >= 15 is 0 Å². The van der Waals surface area contributed by atoms with E-state index in [1.54, 1.807) is 0 Å². The minimum absolute atomic E-state index is 0.368. The molecule has 0 spiro atoms. The maximum Gasteiger partial charge on any atom is 0.222 e. The van der Waals surface area contributed by atoms with Crippen molar-refractivity contribution in [2.45, 2.75) is 32.1 Å². The maximum absolute atomic E-state index is 12.0. The van der Waals surface area contributed by atoms with E-state index < -0.39 is 0 Å². The first kappa shape index (κ1) is 13.9. The summed E-state index contributed by atoms with van der Waals surface area (Å²) in [4.78, 5) is 16.4. The molecular weight excluding hydrogens is 248 g/mol. The molecule has 2 saturated heterocycles. The van der Waals surface area contributed by atoms with E-state index in [0.29, 0.717) is 16.9 Å². The first-order chi connectivity index (χ1) is 8.65. The zero-order valence-corrected chi connectivity index (χ0v) is 11.8. The molecule has 102 valence electrons. The minimum Gasteiger partial charge on any atom is -0.343 e. The van der Waals surface area contributed by atoms with Gasteiger partial charge < -0.3 is 4.90 Å². The van der Waals surface area contributed by atoms with E-state index in [4.69, 9.17) is 11.6 Å². The standard InChI is InChI=1S/C14H23ClN2O/c1-12(15)11-16-8-4-13(5-9-16)10-14(18)17-6-2-3-7-17/h13H,1-11H2. The van der Waals surface area contributed by atoms with E-state index in [0.717, 1.165) is 52.0 Å². The number of likely N-dealkylation sites (tertiary alicyclic amines) is 2. The van der Waals surface area contributed by atoms with Crippen molar-refractivity contribution in [1.82, 2.24) is 9.80 Å². The van der Waals surface area contributed by atoms with Gasteiger partial charge in [0.15, 0.2) is 0 Å². The average Bonchev–Trinajstić information content (AvgIpc) is 2.84. The largest absolute Gasteiger partial charge is 0.343 e. The number of halogens is 1. The average molecular weight is 271 g/mol. The fraction of sp³-hybridized carbons (Fsp3) is 0.786. The van der Waals surface area contributed by atoms with Crippen LogP contribution in [0.3, 0.4) is 0 Å². The van der Waals surface area contributed by atoms with Crippen LogP contribution in [0.4, 0.5) is 0 Å². The molecule has 2 rings (SSSR count). The number of hydrogen-bond acceptors (Lipinski definition) is 2. The van der Waals surface area contributed by atoms with Crippen LogP contribution in [0.15, 0.2) is 11.6 Å². The summed E-state index contributed by atoms with van der Waals surface area (Å²) < 4.78 is 0. The molecule has 0 bridgehead atoms. The molecule has 1 amide bonds. The van der Waals surface area contributed by atoms with Gasteiger partial charge in [0.2, 0.25) is 5.91 Å². The van der Waals surface area contributed by atoms with E-state index in [9.17, 15) is 4.79 Å². The van der Waals surface area contributed by atoms with Crippen molar-refractivity contribution in [2.24, 2.45) is 5.92 Å². The predicted molar refractivity (Wildman–Crippen MR) is 74.6 cm³/mol. The number of amides is 1. The second kappa shape index (κ2) is 6.58.